The highest BCUT2D eigenvalue weighted by molar-refractivity contribution is 9.10. The summed E-state index contributed by atoms with van der Waals surface area (Å²) in [6.07, 6.45) is 1.75. The summed E-state index contributed by atoms with van der Waals surface area (Å²) >= 11 is 3.34. The molecule has 14 heavy (non-hydrogen) atoms. The molecule has 0 aromatic heterocycles. The molecule has 0 spiro atoms. The van der Waals surface area contributed by atoms with Crippen LogP contribution in [0.4, 0.5) is 0 Å². The molecule has 2 rings (SSSR count). The van der Waals surface area contributed by atoms with E-state index in [-0.39, 0.29) is 11.7 Å². The van der Waals surface area contributed by atoms with Crippen molar-refractivity contribution in [3.05, 3.63) is 45.8 Å². The summed E-state index contributed by atoms with van der Waals surface area (Å²) in [7, 11) is -2.95. The number of allylic oxidation sites excluding steroid dienone is 1. The highest BCUT2D eigenvalue weighted by Crippen LogP contribution is 2.26. The van der Waals surface area contributed by atoms with Crippen LogP contribution in [0.3, 0.4) is 0 Å². The Balaban J connectivity index is 2.27. The fourth-order valence-electron chi connectivity index (χ4n) is 1.49. The van der Waals surface area contributed by atoms with Crippen LogP contribution in [-0.2, 0) is 9.84 Å². The molecule has 2 nitrogen and oxygen atoms in total. The summed E-state index contributed by atoms with van der Waals surface area (Å²) in [5, 5.41) is 1.31. The molecule has 0 bridgehead atoms. The van der Waals surface area contributed by atoms with Crippen LogP contribution in [0, 0.1) is 0 Å². The molecule has 0 radical (unpaired) electrons. The average Bonchev–Trinajstić information content (AvgIpc) is 2.47. The van der Waals surface area contributed by atoms with E-state index in [1.807, 2.05) is 24.3 Å². The second kappa shape index (κ2) is 3.51. The Hall–Kier alpha value is -0.610. The second-order valence-electron chi connectivity index (χ2n) is 3.32. The average molecular weight is 273 g/mol. The largest absolute Gasteiger partial charge is 0.224 e. The van der Waals surface area contributed by atoms with Crippen molar-refractivity contribution in [1.29, 1.82) is 0 Å². The first-order valence-electron chi connectivity index (χ1n) is 4.23. The van der Waals surface area contributed by atoms with Crippen molar-refractivity contribution in [3.63, 3.8) is 0 Å². The van der Waals surface area contributed by atoms with Gasteiger partial charge in [-0.1, -0.05) is 34.1 Å². The molecule has 1 aromatic rings. The van der Waals surface area contributed by atoms with Crippen molar-refractivity contribution in [2.45, 2.75) is 5.92 Å². The van der Waals surface area contributed by atoms with Gasteiger partial charge in [-0.25, -0.2) is 8.42 Å². The van der Waals surface area contributed by atoms with Crippen molar-refractivity contribution in [3.8, 4) is 0 Å². The molecule has 0 amide bonds. The van der Waals surface area contributed by atoms with E-state index >= 15 is 0 Å². The van der Waals surface area contributed by atoms with Crippen molar-refractivity contribution in [2.24, 2.45) is 0 Å². The van der Waals surface area contributed by atoms with Crippen LogP contribution < -0.4 is 0 Å². The van der Waals surface area contributed by atoms with Crippen LogP contribution >= 0.6 is 15.9 Å². The zero-order chi connectivity index (χ0) is 10.2. The number of hydrogen-bond acceptors (Lipinski definition) is 2. The molecule has 0 saturated heterocycles. The quantitative estimate of drug-likeness (QED) is 0.787. The maximum absolute atomic E-state index is 11.2. The molecule has 0 saturated carbocycles. The first kappa shape index (κ1) is 9.93. The summed E-state index contributed by atoms with van der Waals surface area (Å²) in [6, 6.07) is 7.74. The van der Waals surface area contributed by atoms with Gasteiger partial charge in [0.2, 0.25) is 0 Å². The Morgan fingerprint density at radius 2 is 1.86 bits per heavy atom. The zero-order valence-corrected chi connectivity index (χ0v) is 9.75. The molecular formula is C10H9BrO2S. The Labute approximate surface area is 91.7 Å². The third-order valence-corrected chi connectivity index (χ3v) is 4.15. The molecule has 1 atom stereocenters. The lowest BCUT2D eigenvalue weighted by Crippen LogP contribution is -2.03. The lowest BCUT2D eigenvalue weighted by Gasteiger charge is -2.06. The van der Waals surface area contributed by atoms with Crippen LogP contribution in [0.1, 0.15) is 11.5 Å². The molecule has 1 heterocycles. The topological polar surface area (TPSA) is 34.1 Å². The first-order chi connectivity index (χ1) is 6.57. The molecule has 0 fully saturated rings. The van der Waals surface area contributed by atoms with E-state index in [0.717, 1.165) is 10.0 Å². The summed E-state index contributed by atoms with van der Waals surface area (Å²) < 4.78 is 23.4. The van der Waals surface area contributed by atoms with Gasteiger partial charge in [-0.2, -0.15) is 0 Å². The Kier molecular flexibility index (Phi) is 2.49. The lowest BCUT2D eigenvalue weighted by molar-refractivity contribution is 0.604. The minimum absolute atomic E-state index is 0.0214. The predicted octanol–water partition coefficient (Wildman–Crippen LogP) is 2.47. The second-order valence-corrected chi connectivity index (χ2v) is 6.16. The van der Waals surface area contributed by atoms with E-state index in [9.17, 15) is 8.42 Å². The van der Waals surface area contributed by atoms with Crippen LogP contribution in [0.15, 0.2) is 40.2 Å². The molecule has 4 heteroatoms. The summed E-state index contributed by atoms with van der Waals surface area (Å²) in [6.45, 7) is 0. The van der Waals surface area contributed by atoms with Gasteiger partial charge >= 0.3 is 0 Å². The molecule has 1 aliphatic heterocycles. The van der Waals surface area contributed by atoms with Crippen molar-refractivity contribution < 1.29 is 8.42 Å². The minimum Gasteiger partial charge on any atom is -0.224 e. The fourth-order valence-corrected chi connectivity index (χ4v) is 3.10. The van der Waals surface area contributed by atoms with E-state index < -0.39 is 9.84 Å². The van der Waals surface area contributed by atoms with Gasteiger partial charge in [0.15, 0.2) is 9.84 Å². The third-order valence-electron chi connectivity index (χ3n) is 2.23. The van der Waals surface area contributed by atoms with Gasteiger partial charge in [0.1, 0.15) is 0 Å². The van der Waals surface area contributed by atoms with E-state index in [2.05, 4.69) is 15.9 Å². The third kappa shape index (κ3) is 2.07. The SMILES string of the molecule is O=S1(=O)C=CC(c2ccc(Br)cc2)C1. The standard InChI is InChI=1S/C10H9BrO2S/c11-10-3-1-8(2-4-10)9-5-6-14(12,13)7-9/h1-6,9H,7H2. The highest BCUT2D eigenvalue weighted by Gasteiger charge is 2.22. The van der Waals surface area contributed by atoms with E-state index in [1.54, 1.807) is 6.08 Å². The summed E-state index contributed by atoms with van der Waals surface area (Å²) in [5.74, 6) is 0.224. The number of hydrogen-bond donors (Lipinski definition) is 0. The summed E-state index contributed by atoms with van der Waals surface area (Å²) in [4.78, 5) is 0. The molecule has 1 unspecified atom stereocenters. The number of rotatable bonds is 1. The Morgan fingerprint density at radius 1 is 1.21 bits per heavy atom. The normalized spacial score (nSPS) is 23.9. The number of halogens is 1. The van der Waals surface area contributed by atoms with Gasteiger partial charge in [-0.05, 0) is 17.7 Å². The van der Waals surface area contributed by atoms with Gasteiger partial charge < -0.3 is 0 Å². The first-order valence-corrected chi connectivity index (χ1v) is 6.74. The van der Waals surface area contributed by atoms with Crippen LogP contribution in [-0.4, -0.2) is 14.2 Å². The maximum atomic E-state index is 11.2. The van der Waals surface area contributed by atoms with Gasteiger partial charge in [-0.3, -0.25) is 0 Å². The van der Waals surface area contributed by atoms with Crippen LogP contribution in [0.2, 0.25) is 0 Å². The predicted molar refractivity (Wildman–Crippen MR) is 59.8 cm³/mol. The van der Waals surface area contributed by atoms with Gasteiger partial charge in [-0.15, -0.1) is 0 Å². The van der Waals surface area contributed by atoms with Crippen molar-refractivity contribution in [2.75, 3.05) is 5.75 Å². The number of benzene rings is 1. The smallest absolute Gasteiger partial charge is 0.172 e. The molecule has 1 aliphatic rings. The Morgan fingerprint density at radius 3 is 2.36 bits per heavy atom. The molecular weight excluding hydrogens is 264 g/mol. The zero-order valence-electron chi connectivity index (χ0n) is 7.35. The minimum atomic E-state index is -2.95. The van der Waals surface area contributed by atoms with Gasteiger partial charge in [0.05, 0.1) is 5.75 Å². The van der Waals surface area contributed by atoms with E-state index in [1.165, 1.54) is 5.41 Å². The fraction of sp³-hybridized carbons (Fsp3) is 0.200. The molecule has 0 aliphatic carbocycles. The van der Waals surface area contributed by atoms with E-state index in [0.29, 0.717) is 0 Å². The van der Waals surface area contributed by atoms with Gasteiger partial charge in [0.25, 0.3) is 0 Å². The lowest BCUT2D eigenvalue weighted by atomic mass is 10.0. The van der Waals surface area contributed by atoms with Crippen molar-refractivity contribution >= 4 is 25.8 Å². The Bertz CT molecular complexity index is 459. The van der Waals surface area contributed by atoms with Crippen molar-refractivity contribution in [1.82, 2.24) is 0 Å². The maximum Gasteiger partial charge on any atom is 0.172 e. The summed E-state index contributed by atoms with van der Waals surface area (Å²) in [5.41, 5.74) is 1.05. The molecule has 1 aromatic carbocycles. The molecule has 0 N–H and O–H groups in total. The number of sulfone groups is 1. The highest BCUT2D eigenvalue weighted by atomic mass is 79.9. The monoisotopic (exact) mass is 272 g/mol. The van der Waals surface area contributed by atoms with E-state index in [4.69, 9.17) is 0 Å². The van der Waals surface area contributed by atoms with Crippen LogP contribution in [0.25, 0.3) is 0 Å². The van der Waals surface area contributed by atoms with Gasteiger partial charge in [0, 0.05) is 15.8 Å². The van der Waals surface area contributed by atoms with Crippen LogP contribution in [0.5, 0.6) is 0 Å². The molecule has 74 valence electrons.